The van der Waals surface area contributed by atoms with E-state index in [-0.39, 0.29) is 5.92 Å². The number of carboxylic acids is 1. The number of thioether (sulfide) groups is 1. The van der Waals surface area contributed by atoms with Crippen LogP contribution in [0.1, 0.15) is 19.3 Å². The maximum absolute atomic E-state index is 11.9. The molecule has 0 aliphatic carbocycles. The summed E-state index contributed by atoms with van der Waals surface area (Å²) in [6.45, 7) is 2.55. The number of hydrogen-bond acceptors (Lipinski definition) is 4. The number of fused-ring (bicyclic) bond motifs is 3. The number of rotatable bonds is 2. The van der Waals surface area contributed by atoms with Crippen LogP contribution in [0.2, 0.25) is 0 Å². The van der Waals surface area contributed by atoms with Crippen molar-refractivity contribution in [3.63, 3.8) is 0 Å². The van der Waals surface area contributed by atoms with E-state index in [0.29, 0.717) is 18.7 Å². The van der Waals surface area contributed by atoms with Crippen molar-refractivity contribution in [1.29, 1.82) is 0 Å². The van der Waals surface area contributed by atoms with Crippen molar-refractivity contribution in [3.05, 3.63) is 0 Å². The van der Waals surface area contributed by atoms with Crippen LogP contribution in [0.25, 0.3) is 0 Å². The van der Waals surface area contributed by atoms with Crippen molar-refractivity contribution in [1.82, 2.24) is 4.90 Å². The monoisotopic (exact) mass is 257 g/mol. The molecule has 0 saturated carbocycles. The third-order valence-corrected chi connectivity index (χ3v) is 6.14. The average molecular weight is 257 g/mol. The topological polar surface area (TPSA) is 60.8 Å². The summed E-state index contributed by atoms with van der Waals surface area (Å²) in [6.07, 6.45) is 2.49. The molecular formula is C12H19NO3S. The largest absolute Gasteiger partial charge is 0.481 e. The molecule has 2 atom stereocenters. The Hall–Kier alpha value is -0.260. The van der Waals surface area contributed by atoms with E-state index >= 15 is 0 Å². The lowest BCUT2D eigenvalue weighted by Gasteiger charge is -2.56. The Bertz CT molecular complexity index is 335. The molecule has 0 aromatic rings. The fourth-order valence-electron chi connectivity index (χ4n) is 3.94. The molecule has 0 aromatic carbocycles. The van der Waals surface area contributed by atoms with Crippen molar-refractivity contribution < 1.29 is 15.0 Å². The van der Waals surface area contributed by atoms with E-state index in [0.717, 1.165) is 31.7 Å². The van der Waals surface area contributed by atoms with Gasteiger partial charge in [-0.2, -0.15) is 11.8 Å². The zero-order chi connectivity index (χ0) is 12.1. The third kappa shape index (κ3) is 1.48. The van der Waals surface area contributed by atoms with Gasteiger partial charge in [0.05, 0.1) is 5.60 Å². The Kier molecular flexibility index (Phi) is 2.69. The molecule has 0 spiro atoms. The van der Waals surface area contributed by atoms with Crippen molar-refractivity contribution in [3.8, 4) is 0 Å². The summed E-state index contributed by atoms with van der Waals surface area (Å²) in [5.41, 5.74) is -1.90. The van der Waals surface area contributed by atoms with Crippen molar-refractivity contribution in [2.45, 2.75) is 24.9 Å². The fraction of sp³-hybridized carbons (Fsp3) is 0.917. The van der Waals surface area contributed by atoms with Crippen LogP contribution in [0.15, 0.2) is 0 Å². The highest BCUT2D eigenvalue weighted by molar-refractivity contribution is 7.99. The van der Waals surface area contributed by atoms with Gasteiger partial charge in [0.15, 0.2) is 0 Å². The molecule has 2 N–H and O–H groups in total. The van der Waals surface area contributed by atoms with Crippen LogP contribution in [0.4, 0.5) is 0 Å². The first-order valence-corrected chi connectivity index (χ1v) is 7.50. The van der Waals surface area contributed by atoms with Gasteiger partial charge in [-0.25, -0.2) is 0 Å². The van der Waals surface area contributed by atoms with Crippen LogP contribution in [0.3, 0.4) is 0 Å². The first-order chi connectivity index (χ1) is 8.08. The minimum absolute atomic E-state index is 0.161. The van der Waals surface area contributed by atoms with Gasteiger partial charge in [0, 0.05) is 12.3 Å². The molecule has 0 radical (unpaired) electrons. The number of piperidine rings is 3. The zero-order valence-corrected chi connectivity index (χ0v) is 10.7. The molecular weight excluding hydrogens is 238 g/mol. The fourth-order valence-corrected chi connectivity index (χ4v) is 5.31. The molecule has 4 fully saturated rings. The lowest BCUT2D eigenvalue weighted by molar-refractivity contribution is -0.195. The van der Waals surface area contributed by atoms with E-state index in [4.69, 9.17) is 0 Å². The SMILES string of the molecule is O=C(O)C1(C2(O)CCSC2)CN2CCC1CC2. The number of carboxylic acid groups (broad SMARTS) is 1. The number of aliphatic hydroxyl groups is 1. The smallest absolute Gasteiger partial charge is 0.314 e. The van der Waals surface area contributed by atoms with E-state index in [2.05, 4.69) is 4.90 Å². The molecule has 17 heavy (non-hydrogen) atoms. The second kappa shape index (κ2) is 3.87. The Morgan fingerprint density at radius 3 is 2.47 bits per heavy atom. The van der Waals surface area contributed by atoms with Gasteiger partial charge in [-0.15, -0.1) is 0 Å². The number of carbonyl (C=O) groups is 1. The zero-order valence-electron chi connectivity index (χ0n) is 9.89. The Morgan fingerprint density at radius 2 is 2.06 bits per heavy atom. The molecule has 4 saturated heterocycles. The van der Waals surface area contributed by atoms with Crippen LogP contribution in [0.5, 0.6) is 0 Å². The maximum atomic E-state index is 11.9. The highest BCUT2D eigenvalue weighted by Crippen LogP contribution is 2.53. The molecule has 4 aliphatic heterocycles. The van der Waals surface area contributed by atoms with Gasteiger partial charge in [-0.05, 0) is 44.0 Å². The molecule has 4 heterocycles. The van der Waals surface area contributed by atoms with Gasteiger partial charge in [0.1, 0.15) is 5.41 Å². The number of hydrogen-bond donors (Lipinski definition) is 2. The van der Waals surface area contributed by atoms with Gasteiger partial charge in [-0.1, -0.05) is 0 Å². The van der Waals surface area contributed by atoms with Gasteiger partial charge < -0.3 is 15.1 Å². The van der Waals surface area contributed by atoms with Gasteiger partial charge in [0.2, 0.25) is 0 Å². The van der Waals surface area contributed by atoms with Crippen molar-refractivity contribution in [2.24, 2.45) is 11.3 Å². The minimum Gasteiger partial charge on any atom is -0.481 e. The molecule has 2 bridgehead atoms. The predicted octanol–water partition coefficient (Wildman–Crippen LogP) is 0.651. The molecule has 2 unspecified atom stereocenters. The maximum Gasteiger partial charge on any atom is 0.314 e. The van der Waals surface area contributed by atoms with Crippen LogP contribution >= 0.6 is 11.8 Å². The summed E-state index contributed by atoms with van der Waals surface area (Å²) in [6, 6.07) is 0. The standard InChI is InChI=1S/C12H19NO3S/c14-10(15)12(11(16)3-6-17-8-11)7-13-4-1-9(12)2-5-13/h9,16H,1-8H2,(H,14,15). The number of aliphatic carboxylic acids is 1. The van der Waals surface area contributed by atoms with E-state index < -0.39 is 17.0 Å². The molecule has 0 aromatic heterocycles. The molecule has 4 nitrogen and oxygen atoms in total. The lowest BCUT2D eigenvalue weighted by atomic mass is 9.57. The second-order valence-electron chi connectivity index (χ2n) is 5.66. The van der Waals surface area contributed by atoms with Gasteiger partial charge in [0.25, 0.3) is 0 Å². The summed E-state index contributed by atoms with van der Waals surface area (Å²) in [5.74, 6) is 0.854. The quantitative estimate of drug-likeness (QED) is 0.760. The summed E-state index contributed by atoms with van der Waals surface area (Å²) >= 11 is 1.69. The Labute approximate surface area is 105 Å². The minimum atomic E-state index is -0.993. The van der Waals surface area contributed by atoms with E-state index in [1.807, 2.05) is 0 Å². The lowest BCUT2D eigenvalue weighted by Crippen LogP contribution is -2.68. The van der Waals surface area contributed by atoms with Crippen molar-refractivity contribution >= 4 is 17.7 Å². The first-order valence-electron chi connectivity index (χ1n) is 6.34. The summed E-state index contributed by atoms with van der Waals surface area (Å²) < 4.78 is 0. The molecule has 0 amide bonds. The van der Waals surface area contributed by atoms with Crippen molar-refractivity contribution in [2.75, 3.05) is 31.1 Å². The predicted molar refractivity (Wildman–Crippen MR) is 66.1 cm³/mol. The normalized spacial score (nSPS) is 49.5. The highest BCUT2D eigenvalue weighted by atomic mass is 32.2. The van der Waals surface area contributed by atoms with Crippen LogP contribution < -0.4 is 0 Å². The molecule has 96 valence electrons. The molecule has 4 rings (SSSR count). The number of nitrogens with zero attached hydrogens (tertiary/aromatic N) is 1. The Morgan fingerprint density at radius 1 is 1.35 bits per heavy atom. The average Bonchev–Trinajstić information content (AvgIpc) is 2.78. The first kappa shape index (κ1) is 11.8. The molecule has 5 heteroatoms. The highest BCUT2D eigenvalue weighted by Gasteiger charge is 2.64. The van der Waals surface area contributed by atoms with Crippen LogP contribution in [-0.4, -0.2) is 57.8 Å². The van der Waals surface area contributed by atoms with Gasteiger partial charge >= 0.3 is 5.97 Å². The summed E-state index contributed by atoms with van der Waals surface area (Å²) in [4.78, 5) is 14.1. The van der Waals surface area contributed by atoms with Crippen LogP contribution in [-0.2, 0) is 4.79 Å². The summed E-state index contributed by atoms with van der Waals surface area (Å²) in [5, 5.41) is 20.6. The van der Waals surface area contributed by atoms with Gasteiger partial charge in [-0.3, -0.25) is 4.79 Å². The van der Waals surface area contributed by atoms with E-state index in [1.54, 1.807) is 11.8 Å². The van der Waals surface area contributed by atoms with E-state index in [1.165, 1.54) is 0 Å². The summed E-state index contributed by atoms with van der Waals surface area (Å²) in [7, 11) is 0. The van der Waals surface area contributed by atoms with E-state index in [9.17, 15) is 15.0 Å². The Balaban J connectivity index is 2.01. The molecule has 4 aliphatic rings. The van der Waals surface area contributed by atoms with Crippen LogP contribution in [0, 0.1) is 11.3 Å². The third-order valence-electron chi connectivity index (χ3n) is 4.97. The second-order valence-corrected chi connectivity index (χ2v) is 6.77.